The summed E-state index contributed by atoms with van der Waals surface area (Å²) in [7, 11) is 0. The van der Waals surface area contributed by atoms with Crippen molar-refractivity contribution >= 4 is 5.84 Å². The zero-order valence-electron chi connectivity index (χ0n) is 4.15. The van der Waals surface area contributed by atoms with Crippen molar-refractivity contribution in [3.8, 4) is 0 Å². The largest absolute Gasteiger partial charge is 0.289 e. The first-order chi connectivity index (χ1) is 3.43. The quantitative estimate of drug-likeness (QED) is 0.409. The molecule has 0 atom stereocenters. The van der Waals surface area contributed by atoms with Crippen molar-refractivity contribution in [3.05, 3.63) is 0 Å². The molecule has 40 valence electrons. The molecule has 0 aromatic heterocycles. The zero-order chi connectivity index (χ0) is 5.11. The van der Waals surface area contributed by atoms with Gasteiger partial charge in [0.15, 0.2) is 0 Å². The molecule has 1 aliphatic rings. The third kappa shape index (κ3) is 0.806. The average molecular weight is 100 g/mol. The standard InChI is InChI=1S/C3H8N4/c1-2-3-4-6-7-5-3/h6-7H,2H2,1H3,(H,4,5). The second-order valence-corrected chi connectivity index (χ2v) is 1.27. The van der Waals surface area contributed by atoms with Gasteiger partial charge in [0.05, 0.1) is 0 Å². The highest BCUT2D eigenvalue weighted by molar-refractivity contribution is 5.81. The van der Waals surface area contributed by atoms with Crippen LogP contribution in [0.5, 0.6) is 0 Å². The molecule has 4 nitrogen and oxygen atoms in total. The smallest absolute Gasteiger partial charge is 0.139 e. The Morgan fingerprint density at radius 3 is 2.86 bits per heavy atom. The van der Waals surface area contributed by atoms with Gasteiger partial charge in [-0.3, -0.25) is 5.43 Å². The van der Waals surface area contributed by atoms with Crippen LogP contribution >= 0.6 is 0 Å². The maximum atomic E-state index is 3.80. The van der Waals surface area contributed by atoms with Gasteiger partial charge in [-0.2, -0.15) is 0 Å². The highest BCUT2D eigenvalue weighted by Crippen LogP contribution is 1.78. The fourth-order valence-electron chi connectivity index (χ4n) is 0.391. The van der Waals surface area contributed by atoms with Crippen LogP contribution in [-0.2, 0) is 0 Å². The number of hydrazine groups is 2. The number of rotatable bonds is 1. The molecule has 1 rings (SSSR count). The molecule has 1 aliphatic heterocycles. The lowest BCUT2D eigenvalue weighted by molar-refractivity contribution is 0.576. The van der Waals surface area contributed by atoms with Crippen LogP contribution in [0.1, 0.15) is 13.3 Å². The van der Waals surface area contributed by atoms with Gasteiger partial charge in [0, 0.05) is 6.42 Å². The lowest BCUT2D eigenvalue weighted by Gasteiger charge is -1.90. The summed E-state index contributed by atoms with van der Waals surface area (Å²) < 4.78 is 0. The number of hydrogen-bond donors (Lipinski definition) is 3. The highest BCUT2D eigenvalue weighted by Gasteiger charge is 1.96. The third-order valence-electron chi connectivity index (χ3n) is 0.788. The molecule has 0 spiro atoms. The molecule has 7 heavy (non-hydrogen) atoms. The minimum atomic E-state index is 0.931. The maximum Gasteiger partial charge on any atom is 0.139 e. The number of hydrazone groups is 1. The molecule has 0 amide bonds. The normalized spacial score (nSPS) is 17.6. The summed E-state index contributed by atoms with van der Waals surface area (Å²) in [6.07, 6.45) is 0.931. The predicted molar refractivity (Wildman–Crippen MR) is 27.1 cm³/mol. The van der Waals surface area contributed by atoms with Gasteiger partial charge >= 0.3 is 0 Å². The number of nitrogens with one attached hydrogen (secondary N) is 3. The summed E-state index contributed by atoms with van der Waals surface area (Å²) in [5.41, 5.74) is 7.96. The Hall–Kier alpha value is -0.770. The molecule has 0 radical (unpaired) electrons. The minimum absolute atomic E-state index is 0.931. The molecule has 0 fully saturated rings. The van der Waals surface area contributed by atoms with E-state index in [0.29, 0.717) is 0 Å². The molecule has 4 heteroatoms. The van der Waals surface area contributed by atoms with Crippen LogP contribution in [-0.4, -0.2) is 5.84 Å². The summed E-state index contributed by atoms with van der Waals surface area (Å²) in [6.45, 7) is 2.03. The van der Waals surface area contributed by atoms with E-state index < -0.39 is 0 Å². The van der Waals surface area contributed by atoms with E-state index in [-0.39, 0.29) is 0 Å². The van der Waals surface area contributed by atoms with Crippen LogP contribution in [0.15, 0.2) is 5.10 Å². The van der Waals surface area contributed by atoms with E-state index >= 15 is 0 Å². The van der Waals surface area contributed by atoms with E-state index in [1.165, 1.54) is 0 Å². The van der Waals surface area contributed by atoms with Crippen LogP contribution in [0, 0.1) is 0 Å². The number of amidine groups is 1. The number of nitrogens with zero attached hydrogens (tertiary/aromatic N) is 1. The molecule has 3 N–H and O–H groups in total. The molecule has 0 aromatic rings. The Bertz CT molecular complexity index is 86.9. The highest BCUT2D eigenvalue weighted by atomic mass is 15.8. The van der Waals surface area contributed by atoms with Gasteiger partial charge in [-0.25, -0.2) is 5.53 Å². The van der Waals surface area contributed by atoms with Crippen molar-refractivity contribution in [3.63, 3.8) is 0 Å². The lowest BCUT2D eigenvalue weighted by atomic mass is 10.5. The first-order valence-corrected chi connectivity index (χ1v) is 2.26. The summed E-state index contributed by atoms with van der Waals surface area (Å²) in [5.74, 6) is 0.944. The Morgan fingerprint density at radius 1 is 1.71 bits per heavy atom. The van der Waals surface area contributed by atoms with Crippen molar-refractivity contribution in [2.45, 2.75) is 13.3 Å². The first-order valence-electron chi connectivity index (χ1n) is 2.26. The number of hydrogen-bond acceptors (Lipinski definition) is 4. The second-order valence-electron chi connectivity index (χ2n) is 1.27. The van der Waals surface area contributed by atoms with Crippen molar-refractivity contribution in [2.75, 3.05) is 0 Å². The van der Waals surface area contributed by atoms with Crippen molar-refractivity contribution < 1.29 is 0 Å². The Kier molecular flexibility index (Phi) is 1.12. The van der Waals surface area contributed by atoms with Gasteiger partial charge in [0.1, 0.15) is 5.84 Å². The fourth-order valence-corrected chi connectivity index (χ4v) is 0.391. The minimum Gasteiger partial charge on any atom is -0.289 e. The third-order valence-corrected chi connectivity index (χ3v) is 0.788. The molecule has 0 aliphatic carbocycles. The average Bonchev–Trinajstić information content (AvgIpc) is 2.14. The Balaban J connectivity index is 2.36. The van der Waals surface area contributed by atoms with Gasteiger partial charge in [0.2, 0.25) is 0 Å². The summed E-state index contributed by atoms with van der Waals surface area (Å²) in [5, 5.41) is 3.80. The van der Waals surface area contributed by atoms with E-state index in [0.717, 1.165) is 12.3 Å². The SMILES string of the molecule is CCC1=NNNN1. The Labute approximate surface area is 41.9 Å². The van der Waals surface area contributed by atoms with Gasteiger partial charge in [0.25, 0.3) is 0 Å². The van der Waals surface area contributed by atoms with Crippen molar-refractivity contribution in [2.24, 2.45) is 5.10 Å². The molecule has 0 saturated heterocycles. The van der Waals surface area contributed by atoms with Gasteiger partial charge < -0.3 is 0 Å². The van der Waals surface area contributed by atoms with Gasteiger partial charge in [-0.15, -0.1) is 10.6 Å². The van der Waals surface area contributed by atoms with E-state index in [9.17, 15) is 0 Å². The van der Waals surface area contributed by atoms with Crippen molar-refractivity contribution in [1.82, 2.24) is 16.5 Å². The maximum absolute atomic E-state index is 3.80. The molecule has 0 unspecified atom stereocenters. The Morgan fingerprint density at radius 2 is 2.57 bits per heavy atom. The van der Waals surface area contributed by atoms with E-state index in [2.05, 4.69) is 21.6 Å². The van der Waals surface area contributed by atoms with E-state index in [1.54, 1.807) is 0 Å². The molecular weight excluding hydrogens is 92.1 g/mol. The van der Waals surface area contributed by atoms with Crippen LogP contribution in [0.4, 0.5) is 0 Å². The van der Waals surface area contributed by atoms with E-state index in [1.807, 2.05) is 6.92 Å². The van der Waals surface area contributed by atoms with Crippen LogP contribution in [0.3, 0.4) is 0 Å². The summed E-state index contributed by atoms with van der Waals surface area (Å²) in [6, 6.07) is 0. The van der Waals surface area contributed by atoms with Crippen LogP contribution < -0.4 is 16.5 Å². The monoisotopic (exact) mass is 100 g/mol. The molecule has 1 heterocycles. The van der Waals surface area contributed by atoms with Gasteiger partial charge in [-0.05, 0) is 0 Å². The second kappa shape index (κ2) is 1.79. The molecule has 0 saturated carbocycles. The summed E-state index contributed by atoms with van der Waals surface area (Å²) in [4.78, 5) is 0. The molecule has 0 bridgehead atoms. The predicted octanol–water partition coefficient (Wildman–Crippen LogP) is -0.678. The summed E-state index contributed by atoms with van der Waals surface area (Å²) >= 11 is 0. The van der Waals surface area contributed by atoms with Crippen LogP contribution in [0.25, 0.3) is 0 Å². The lowest BCUT2D eigenvalue weighted by Crippen LogP contribution is -2.34. The van der Waals surface area contributed by atoms with Gasteiger partial charge in [-0.1, -0.05) is 6.92 Å². The molecule has 0 aromatic carbocycles. The van der Waals surface area contributed by atoms with E-state index in [4.69, 9.17) is 0 Å². The molecular formula is C3H8N4. The fraction of sp³-hybridized carbons (Fsp3) is 0.667. The topological polar surface area (TPSA) is 48.5 Å². The van der Waals surface area contributed by atoms with Crippen LogP contribution in [0.2, 0.25) is 0 Å². The van der Waals surface area contributed by atoms with Crippen molar-refractivity contribution in [1.29, 1.82) is 0 Å². The first kappa shape index (κ1) is 4.39. The zero-order valence-corrected chi connectivity index (χ0v) is 4.15.